The Bertz CT molecular complexity index is 233. The van der Waals surface area contributed by atoms with Gasteiger partial charge in [0.25, 0.3) is 0 Å². The van der Waals surface area contributed by atoms with Crippen molar-refractivity contribution in [3.63, 3.8) is 0 Å². The lowest BCUT2D eigenvalue weighted by Gasteiger charge is -2.40. The summed E-state index contributed by atoms with van der Waals surface area (Å²) in [6, 6.07) is -0.357. The van der Waals surface area contributed by atoms with Crippen LogP contribution >= 0.6 is 0 Å². The average Bonchev–Trinajstić information content (AvgIpc) is 2.27. The molecule has 4 nitrogen and oxygen atoms in total. The second-order valence-corrected chi connectivity index (χ2v) is 4.53. The van der Waals surface area contributed by atoms with Crippen LogP contribution in [0.5, 0.6) is 0 Å². The zero-order valence-electron chi connectivity index (χ0n) is 9.95. The predicted molar refractivity (Wildman–Crippen MR) is 59.5 cm³/mol. The van der Waals surface area contributed by atoms with Crippen molar-refractivity contribution in [2.75, 3.05) is 20.2 Å². The Balaban J connectivity index is 2.60. The van der Waals surface area contributed by atoms with Gasteiger partial charge in [-0.1, -0.05) is 6.92 Å². The smallest absolute Gasteiger partial charge is 0.239 e. The number of amides is 1. The van der Waals surface area contributed by atoms with E-state index < -0.39 is 0 Å². The summed E-state index contributed by atoms with van der Waals surface area (Å²) in [4.78, 5) is 13.7. The third-order valence-corrected chi connectivity index (χ3v) is 3.22. The summed E-state index contributed by atoms with van der Waals surface area (Å²) in [7, 11) is 1.70. The molecule has 1 aliphatic rings. The van der Waals surface area contributed by atoms with E-state index in [1.165, 1.54) is 0 Å². The molecule has 0 radical (unpaired) electrons. The quantitative estimate of drug-likeness (QED) is 0.754. The van der Waals surface area contributed by atoms with Gasteiger partial charge in [0.15, 0.2) is 0 Å². The summed E-state index contributed by atoms with van der Waals surface area (Å²) in [6.07, 6.45) is 2.69. The number of hydrogen-bond donors (Lipinski definition) is 1. The van der Waals surface area contributed by atoms with Crippen molar-refractivity contribution in [2.45, 2.75) is 44.8 Å². The molecule has 1 heterocycles. The number of likely N-dealkylation sites (tertiary alicyclic amines) is 1. The van der Waals surface area contributed by atoms with E-state index in [1.54, 1.807) is 7.11 Å². The highest BCUT2D eigenvalue weighted by Gasteiger charge is 2.34. The number of methoxy groups -OCH3 is 1. The molecule has 88 valence electrons. The first-order valence-electron chi connectivity index (χ1n) is 5.62. The second-order valence-electron chi connectivity index (χ2n) is 4.53. The van der Waals surface area contributed by atoms with Crippen molar-refractivity contribution in [3.05, 3.63) is 0 Å². The van der Waals surface area contributed by atoms with Gasteiger partial charge < -0.3 is 15.4 Å². The first kappa shape index (κ1) is 12.5. The van der Waals surface area contributed by atoms with Crippen molar-refractivity contribution in [1.29, 1.82) is 0 Å². The van der Waals surface area contributed by atoms with Gasteiger partial charge in [0.1, 0.15) is 0 Å². The van der Waals surface area contributed by atoms with E-state index in [-0.39, 0.29) is 17.6 Å². The third-order valence-electron chi connectivity index (χ3n) is 3.22. The number of piperidine rings is 1. The molecule has 1 unspecified atom stereocenters. The van der Waals surface area contributed by atoms with Crippen LogP contribution in [0.15, 0.2) is 0 Å². The Hall–Kier alpha value is -0.610. The van der Waals surface area contributed by atoms with Gasteiger partial charge >= 0.3 is 0 Å². The molecule has 1 amide bonds. The molecule has 0 saturated carbocycles. The molecule has 0 aromatic rings. The van der Waals surface area contributed by atoms with E-state index in [0.29, 0.717) is 13.0 Å². The van der Waals surface area contributed by atoms with E-state index in [1.807, 2.05) is 18.7 Å². The van der Waals surface area contributed by atoms with Crippen LogP contribution in [0.4, 0.5) is 0 Å². The summed E-state index contributed by atoms with van der Waals surface area (Å²) < 4.78 is 5.44. The predicted octanol–water partition coefficient (Wildman–Crippen LogP) is 0.751. The molecule has 1 fully saturated rings. The molecule has 0 spiro atoms. The van der Waals surface area contributed by atoms with Crippen LogP contribution in [-0.4, -0.2) is 42.6 Å². The molecular formula is C11H22N2O2. The lowest BCUT2D eigenvalue weighted by Crippen LogP contribution is -2.53. The molecular weight excluding hydrogens is 192 g/mol. The van der Waals surface area contributed by atoms with Crippen LogP contribution < -0.4 is 5.73 Å². The van der Waals surface area contributed by atoms with E-state index in [0.717, 1.165) is 19.4 Å². The fourth-order valence-corrected chi connectivity index (χ4v) is 1.97. The molecule has 0 aromatic heterocycles. The Morgan fingerprint density at radius 1 is 1.67 bits per heavy atom. The Morgan fingerprint density at radius 3 is 2.87 bits per heavy atom. The Kier molecular flexibility index (Phi) is 4.11. The van der Waals surface area contributed by atoms with Crippen LogP contribution in [0.2, 0.25) is 0 Å². The maximum atomic E-state index is 11.9. The molecule has 15 heavy (non-hydrogen) atoms. The largest absolute Gasteiger partial charge is 0.377 e. The zero-order chi connectivity index (χ0) is 11.5. The molecule has 2 N–H and O–H groups in total. The number of carbonyl (C=O) groups is 1. The number of nitrogens with zero attached hydrogens (tertiary/aromatic N) is 1. The van der Waals surface area contributed by atoms with Crippen molar-refractivity contribution in [3.8, 4) is 0 Å². The van der Waals surface area contributed by atoms with Crippen molar-refractivity contribution < 1.29 is 9.53 Å². The minimum absolute atomic E-state index is 0.0560. The molecule has 4 heteroatoms. The Labute approximate surface area is 91.8 Å². The third kappa shape index (κ3) is 2.92. The van der Waals surface area contributed by atoms with Crippen LogP contribution in [0.25, 0.3) is 0 Å². The highest BCUT2D eigenvalue weighted by atomic mass is 16.5. The number of ether oxygens (including phenoxy) is 1. The summed E-state index contributed by atoms with van der Waals surface area (Å²) in [5.41, 5.74) is 5.55. The van der Waals surface area contributed by atoms with E-state index in [9.17, 15) is 4.79 Å². The average molecular weight is 214 g/mol. The summed E-state index contributed by atoms with van der Waals surface area (Å²) in [5.74, 6) is 0.0560. The molecule has 0 aliphatic carbocycles. The van der Waals surface area contributed by atoms with Gasteiger partial charge in [-0.25, -0.2) is 0 Å². The van der Waals surface area contributed by atoms with Crippen LogP contribution in [0.1, 0.15) is 33.1 Å². The number of rotatable bonds is 3. The fraction of sp³-hybridized carbons (Fsp3) is 0.909. The maximum Gasteiger partial charge on any atom is 0.239 e. The number of hydrogen-bond acceptors (Lipinski definition) is 3. The lowest BCUT2D eigenvalue weighted by molar-refractivity contribution is -0.140. The lowest BCUT2D eigenvalue weighted by atomic mass is 9.94. The van der Waals surface area contributed by atoms with Gasteiger partial charge in [-0.15, -0.1) is 0 Å². The topological polar surface area (TPSA) is 55.6 Å². The summed E-state index contributed by atoms with van der Waals surface area (Å²) in [5, 5.41) is 0. The van der Waals surface area contributed by atoms with Gasteiger partial charge in [0, 0.05) is 20.2 Å². The first-order valence-corrected chi connectivity index (χ1v) is 5.62. The van der Waals surface area contributed by atoms with E-state index in [4.69, 9.17) is 10.5 Å². The number of carbonyl (C=O) groups excluding carboxylic acids is 1. The molecule has 1 saturated heterocycles. The minimum Gasteiger partial charge on any atom is -0.377 e. The van der Waals surface area contributed by atoms with Gasteiger partial charge in [0.05, 0.1) is 11.6 Å². The van der Waals surface area contributed by atoms with Gasteiger partial charge in [0.2, 0.25) is 5.91 Å². The molecule has 0 aromatic carbocycles. The zero-order valence-corrected chi connectivity index (χ0v) is 9.95. The minimum atomic E-state index is -0.357. The molecule has 2 atom stereocenters. The SMILES string of the molecule is CC[C@H](N)C(=O)N1CCCC(C)(OC)C1. The molecule has 1 rings (SSSR count). The van der Waals surface area contributed by atoms with Crippen LogP contribution in [-0.2, 0) is 9.53 Å². The standard InChI is InChI=1S/C11H22N2O2/c1-4-9(12)10(14)13-7-5-6-11(2,8-13)15-3/h9H,4-8,12H2,1-3H3/t9-,11?/m0/s1. The normalized spacial score (nSPS) is 28.9. The van der Waals surface area contributed by atoms with Crippen LogP contribution in [0.3, 0.4) is 0 Å². The highest BCUT2D eigenvalue weighted by molar-refractivity contribution is 5.81. The van der Waals surface area contributed by atoms with Gasteiger partial charge in [-0.2, -0.15) is 0 Å². The van der Waals surface area contributed by atoms with Crippen LogP contribution in [0, 0.1) is 0 Å². The maximum absolute atomic E-state index is 11.9. The van der Waals surface area contributed by atoms with Crippen molar-refractivity contribution in [2.24, 2.45) is 5.73 Å². The van der Waals surface area contributed by atoms with Gasteiger partial charge in [-0.05, 0) is 26.2 Å². The van der Waals surface area contributed by atoms with Gasteiger partial charge in [-0.3, -0.25) is 4.79 Å². The fourth-order valence-electron chi connectivity index (χ4n) is 1.97. The van der Waals surface area contributed by atoms with Crippen molar-refractivity contribution >= 4 is 5.91 Å². The molecule has 0 bridgehead atoms. The highest BCUT2D eigenvalue weighted by Crippen LogP contribution is 2.24. The second kappa shape index (κ2) is 4.94. The monoisotopic (exact) mass is 214 g/mol. The number of nitrogens with two attached hydrogens (primary N) is 1. The van der Waals surface area contributed by atoms with E-state index >= 15 is 0 Å². The molecule has 1 aliphatic heterocycles. The Morgan fingerprint density at radius 2 is 2.33 bits per heavy atom. The summed E-state index contributed by atoms with van der Waals surface area (Å²) >= 11 is 0. The first-order chi connectivity index (χ1) is 7.02. The van der Waals surface area contributed by atoms with Crippen molar-refractivity contribution in [1.82, 2.24) is 4.90 Å². The summed E-state index contributed by atoms with van der Waals surface area (Å²) in [6.45, 7) is 5.45. The van der Waals surface area contributed by atoms with E-state index in [2.05, 4.69) is 0 Å².